The highest BCUT2D eigenvalue weighted by molar-refractivity contribution is 5.60. The van der Waals surface area contributed by atoms with E-state index >= 15 is 0 Å². The molecule has 0 aliphatic carbocycles. The van der Waals surface area contributed by atoms with E-state index in [-0.39, 0.29) is 0 Å². The van der Waals surface area contributed by atoms with Crippen molar-refractivity contribution in [2.45, 2.75) is 26.4 Å². The van der Waals surface area contributed by atoms with Gasteiger partial charge in [-0.1, -0.05) is 31.2 Å². The van der Waals surface area contributed by atoms with Crippen LogP contribution in [0.15, 0.2) is 24.3 Å². The van der Waals surface area contributed by atoms with Crippen molar-refractivity contribution >= 4 is 5.82 Å². The molecule has 0 spiro atoms. The number of benzene rings is 1. The minimum atomic E-state index is 0.518. The monoisotopic (exact) mass is 270 g/mol. The van der Waals surface area contributed by atoms with Gasteiger partial charge in [0.05, 0.1) is 18.9 Å². The summed E-state index contributed by atoms with van der Waals surface area (Å²) in [4.78, 5) is 9.16. The summed E-state index contributed by atoms with van der Waals surface area (Å²) in [5, 5.41) is 0. The minimum Gasteiger partial charge on any atom is -0.376 e. The van der Waals surface area contributed by atoms with E-state index in [0.717, 1.165) is 29.7 Å². The van der Waals surface area contributed by atoms with Gasteiger partial charge in [-0.05, 0) is 12.0 Å². The van der Waals surface area contributed by atoms with Gasteiger partial charge in [-0.3, -0.25) is 0 Å². The van der Waals surface area contributed by atoms with Gasteiger partial charge >= 0.3 is 0 Å². The van der Waals surface area contributed by atoms with Gasteiger partial charge in [-0.25, -0.2) is 15.8 Å². The topological polar surface area (TPSA) is 73.1 Å². The van der Waals surface area contributed by atoms with E-state index in [9.17, 15) is 0 Å². The number of nitrogens with zero attached hydrogens (tertiary/aromatic N) is 2. The van der Waals surface area contributed by atoms with Crippen molar-refractivity contribution in [3.05, 3.63) is 41.1 Å². The minimum absolute atomic E-state index is 0.518. The van der Waals surface area contributed by atoms with E-state index in [4.69, 9.17) is 10.6 Å². The molecule has 2 aromatic rings. The molecule has 0 atom stereocenters. The molecule has 3 N–H and O–H groups in total. The molecule has 2 heterocycles. The first-order valence-corrected chi connectivity index (χ1v) is 6.85. The Balaban J connectivity index is 2.04. The van der Waals surface area contributed by atoms with E-state index in [0.29, 0.717) is 24.9 Å². The van der Waals surface area contributed by atoms with Gasteiger partial charge in [0.25, 0.3) is 0 Å². The number of ether oxygens (including phenoxy) is 1. The van der Waals surface area contributed by atoms with Crippen molar-refractivity contribution in [3.8, 4) is 11.4 Å². The maximum absolute atomic E-state index is 5.57. The maximum atomic E-state index is 5.57. The van der Waals surface area contributed by atoms with E-state index in [2.05, 4.69) is 46.6 Å². The fourth-order valence-electron chi connectivity index (χ4n) is 2.37. The van der Waals surface area contributed by atoms with Crippen LogP contribution in [-0.2, 0) is 24.2 Å². The van der Waals surface area contributed by atoms with E-state index in [1.807, 2.05) is 0 Å². The average molecular weight is 270 g/mol. The Morgan fingerprint density at radius 2 is 2.05 bits per heavy atom. The molecule has 0 bridgehead atoms. The molecule has 5 heteroatoms. The molecule has 5 nitrogen and oxygen atoms in total. The highest BCUT2D eigenvalue weighted by Gasteiger charge is 2.18. The third-order valence-electron chi connectivity index (χ3n) is 3.58. The lowest BCUT2D eigenvalue weighted by atomic mass is 10.1. The van der Waals surface area contributed by atoms with Gasteiger partial charge in [0.1, 0.15) is 5.82 Å². The molecule has 0 amide bonds. The number of aryl methyl sites for hydroxylation is 1. The van der Waals surface area contributed by atoms with Crippen LogP contribution in [0.25, 0.3) is 11.4 Å². The van der Waals surface area contributed by atoms with E-state index < -0.39 is 0 Å². The summed E-state index contributed by atoms with van der Waals surface area (Å²) in [6.45, 7) is 3.35. The molecular formula is C15H18N4O. The number of rotatable bonds is 3. The van der Waals surface area contributed by atoms with Gasteiger partial charge in [0.2, 0.25) is 0 Å². The van der Waals surface area contributed by atoms with Gasteiger partial charge in [0.15, 0.2) is 5.82 Å². The predicted molar refractivity (Wildman–Crippen MR) is 78.0 cm³/mol. The van der Waals surface area contributed by atoms with Crippen LogP contribution in [0.4, 0.5) is 5.82 Å². The summed E-state index contributed by atoms with van der Waals surface area (Å²) in [5.41, 5.74) is 6.95. The highest BCUT2D eigenvalue weighted by atomic mass is 16.5. The molecule has 0 unspecified atom stereocenters. The number of nitrogens with two attached hydrogens (primary N) is 1. The van der Waals surface area contributed by atoms with Crippen LogP contribution in [0.2, 0.25) is 0 Å². The van der Waals surface area contributed by atoms with Gasteiger partial charge in [-0.2, -0.15) is 0 Å². The first-order valence-electron chi connectivity index (χ1n) is 6.85. The third-order valence-corrected chi connectivity index (χ3v) is 3.58. The highest BCUT2D eigenvalue weighted by Crippen LogP contribution is 2.25. The zero-order valence-corrected chi connectivity index (χ0v) is 11.5. The summed E-state index contributed by atoms with van der Waals surface area (Å²) in [5.74, 6) is 6.94. The van der Waals surface area contributed by atoms with Crippen LogP contribution in [0.1, 0.15) is 23.7 Å². The molecule has 0 radical (unpaired) electrons. The van der Waals surface area contributed by atoms with Crippen molar-refractivity contribution < 1.29 is 4.74 Å². The SMILES string of the molecule is CCc1ccc(-c2nc3c(c(NN)n2)COCC3)cc1. The molecule has 104 valence electrons. The molecule has 1 aromatic carbocycles. The lowest BCUT2D eigenvalue weighted by molar-refractivity contribution is 0.109. The van der Waals surface area contributed by atoms with Crippen molar-refractivity contribution in [1.82, 2.24) is 9.97 Å². The fourth-order valence-corrected chi connectivity index (χ4v) is 2.37. The molecule has 0 saturated heterocycles. The quantitative estimate of drug-likeness (QED) is 0.659. The molecule has 1 aliphatic heterocycles. The fraction of sp³-hybridized carbons (Fsp3) is 0.333. The zero-order chi connectivity index (χ0) is 13.9. The number of hydrazine groups is 1. The summed E-state index contributed by atoms with van der Waals surface area (Å²) in [6, 6.07) is 8.33. The van der Waals surface area contributed by atoms with Gasteiger partial charge in [-0.15, -0.1) is 0 Å². The number of anilines is 1. The largest absolute Gasteiger partial charge is 0.376 e. The summed E-state index contributed by atoms with van der Waals surface area (Å²) < 4.78 is 5.44. The Morgan fingerprint density at radius 1 is 1.25 bits per heavy atom. The molecule has 0 fully saturated rings. The number of nitrogens with one attached hydrogen (secondary N) is 1. The number of hydrogen-bond acceptors (Lipinski definition) is 5. The molecule has 0 saturated carbocycles. The van der Waals surface area contributed by atoms with Crippen molar-refractivity contribution in [2.24, 2.45) is 5.84 Å². The number of hydrogen-bond donors (Lipinski definition) is 2. The second kappa shape index (κ2) is 5.56. The van der Waals surface area contributed by atoms with Crippen molar-refractivity contribution in [3.63, 3.8) is 0 Å². The maximum Gasteiger partial charge on any atom is 0.161 e. The Hall–Kier alpha value is -1.98. The van der Waals surface area contributed by atoms with E-state index in [1.165, 1.54) is 5.56 Å². The van der Waals surface area contributed by atoms with Crippen LogP contribution in [0.5, 0.6) is 0 Å². The predicted octanol–water partition coefficient (Wildman–Crippen LogP) is 2.06. The van der Waals surface area contributed by atoms with Crippen molar-refractivity contribution in [2.75, 3.05) is 12.0 Å². The molecule has 3 rings (SSSR count). The molecular weight excluding hydrogens is 252 g/mol. The van der Waals surface area contributed by atoms with Crippen molar-refractivity contribution in [1.29, 1.82) is 0 Å². The van der Waals surface area contributed by atoms with E-state index in [1.54, 1.807) is 0 Å². The Morgan fingerprint density at radius 3 is 2.75 bits per heavy atom. The zero-order valence-electron chi connectivity index (χ0n) is 11.5. The summed E-state index contributed by atoms with van der Waals surface area (Å²) in [7, 11) is 0. The first-order chi connectivity index (χ1) is 9.81. The number of fused-ring (bicyclic) bond motifs is 1. The lowest BCUT2D eigenvalue weighted by Crippen LogP contribution is -2.19. The van der Waals surface area contributed by atoms with Crippen LogP contribution in [0.3, 0.4) is 0 Å². The average Bonchev–Trinajstić information content (AvgIpc) is 2.54. The molecule has 1 aromatic heterocycles. The number of aromatic nitrogens is 2. The Bertz CT molecular complexity index is 593. The second-order valence-corrected chi connectivity index (χ2v) is 4.82. The lowest BCUT2D eigenvalue weighted by Gasteiger charge is -2.19. The third kappa shape index (κ3) is 2.37. The smallest absolute Gasteiger partial charge is 0.161 e. The molecule has 1 aliphatic rings. The van der Waals surface area contributed by atoms with Gasteiger partial charge in [0, 0.05) is 17.5 Å². The van der Waals surface area contributed by atoms with Crippen LogP contribution < -0.4 is 11.3 Å². The first kappa shape index (κ1) is 13.0. The normalized spacial score (nSPS) is 13.9. The Labute approximate surface area is 118 Å². The van der Waals surface area contributed by atoms with Crippen LogP contribution in [0, 0.1) is 0 Å². The standard InChI is InChI=1S/C15H18N4O/c1-2-10-3-5-11(6-4-10)14-17-13-7-8-20-9-12(13)15(18-14)19-16/h3-6H,2,7-9,16H2,1H3,(H,17,18,19). The van der Waals surface area contributed by atoms with Crippen LogP contribution in [-0.4, -0.2) is 16.6 Å². The summed E-state index contributed by atoms with van der Waals surface area (Å²) >= 11 is 0. The summed E-state index contributed by atoms with van der Waals surface area (Å²) in [6.07, 6.45) is 1.82. The number of nitrogen functional groups attached to an aromatic ring is 1. The second-order valence-electron chi connectivity index (χ2n) is 4.82. The Kier molecular flexibility index (Phi) is 3.62. The molecule has 20 heavy (non-hydrogen) atoms. The van der Waals surface area contributed by atoms with Gasteiger partial charge < -0.3 is 10.2 Å². The van der Waals surface area contributed by atoms with Crippen LogP contribution >= 0.6 is 0 Å².